The number of hydrogen-bond acceptors (Lipinski definition) is 2. The zero-order valence-electron chi connectivity index (χ0n) is 31.8. The number of nitrogens with two attached hydrogens (primary N) is 1. The molecule has 0 saturated heterocycles. The smallest absolute Gasteiger partial charge is 0.235 e. The minimum atomic E-state index is -0.267. The topological polar surface area (TPSA) is 41.3 Å². The summed E-state index contributed by atoms with van der Waals surface area (Å²) in [7, 11) is 0. The number of rotatable bonds is 6. The molecule has 3 heteroatoms. The van der Waals surface area contributed by atoms with Crippen LogP contribution < -0.4 is 5.32 Å². The van der Waals surface area contributed by atoms with E-state index in [1.807, 2.05) is 6.07 Å². The van der Waals surface area contributed by atoms with E-state index in [9.17, 15) is 0 Å². The first kappa shape index (κ1) is 33.8. The Morgan fingerprint density at radius 2 is 0.879 bits per heavy atom. The van der Waals surface area contributed by atoms with Crippen LogP contribution in [-0.2, 0) is 0 Å². The van der Waals surface area contributed by atoms with Crippen LogP contribution in [0.15, 0.2) is 222 Å². The Balaban J connectivity index is 1.12. The van der Waals surface area contributed by atoms with E-state index in [1.54, 1.807) is 0 Å². The monoisotopic (exact) mass is 740 g/mol. The lowest BCUT2D eigenvalue weighted by molar-refractivity contribution is -0.586. The Bertz CT molecular complexity index is 3240. The van der Waals surface area contributed by atoms with Gasteiger partial charge in [-0.15, -0.1) is 0 Å². The van der Waals surface area contributed by atoms with E-state index >= 15 is 0 Å². The summed E-state index contributed by atoms with van der Waals surface area (Å²) in [5, 5.41) is 12.0. The van der Waals surface area contributed by atoms with Crippen molar-refractivity contribution in [3.05, 3.63) is 229 Å². The van der Waals surface area contributed by atoms with Crippen molar-refractivity contribution in [2.75, 3.05) is 0 Å². The maximum atomic E-state index is 5.43. The van der Waals surface area contributed by atoms with E-state index < -0.39 is 0 Å². The van der Waals surface area contributed by atoms with Crippen molar-refractivity contribution < 1.29 is 5.32 Å². The Morgan fingerprint density at radius 1 is 0.328 bits per heavy atom. The fraction of sp³-hybridized carbons (Fsp3) is 0.0182. The van der Waals surface area contributed by atoms with Crippen molar-refractivity contribution in [3.8, 4) is 33.4 Å². The van der Waals surface area contributed by atoms with Gasteiger partial charge in [0.15, 0.2) is 5.84 Å². The van der Waals surface area contributed by atoms with E-state index in [0.29, 0.717) is 0 Å². The standard InChI is InChI=1S/C55H37N3/c1-3-14-36(15-4-1)40-22-11-23-44(32-40)54-56-53(39-18-5-2-6-19-39)57-55(58-54)52-35-43-29-28-41(47-26-12-20-37-16-7-9-24-45(37)47)33-50(43)51-34-42(30-31-49(51)52)48-27-13-21-38-17-8-10-25-46(38)48/h1-35,55H,(H,56,57,58)/p+1. The molecule has 1 unspecified atom stereocenters. The van der Waals surface area contributed by atoms with Crippen LogP contribution in [0.2, 0.25) is 0 Å². The maximum absolute atomic E-state index is 5.43. The second-order valence-electron chi connectivity index (χ2n) is 15.1. The zero-order valence-corrected chi connectivity index (χ0v) is 31.8. The first-order valence-electron chi connectivity index (χ1n) is 19.9. The van der Waals surface area contributed by atoms with Crippen LogP contribution >= 0.6 is 0 Å². The number of amidine groups is 2. The fourth-order valence-electron chi connectivity index (χ4n) is 8.75. The Morgan fingerprint density at radius 3 is 1.59 bits per heavy atom. The molecule has 0 aliphatic carbocycles. The van der Waals surface area contributed by atoms with E-state index in [4.69, 9.17) is 9.98 Å². The third kappa shape index (κ3) is 6.06. The molecule has 0 saturated carbocycles. The highest BCUT2D eigenvalue weighted by molar-refractivity contribution is 6.14. The summed E-state index contributed by atoms with van der Waals surface area (Å²) in [5.74, 6) is 1.66. The van der Waals surface area contributed by atoms with E-state index in [-0.39, 0.29) is 6.17 Å². The lowest BCUT2D eigenvalue weighted by Gasteiger charge is -2.22. The minimum Gasteiger partial charge on any atom is -0.272 e. The Labute approximate surface area is 337 Å². The first-order valence-corrected chi connectivity index (χ1v) is 19.9. The van der Waals surface area contributed by atoms with E-state index in [1.165, 1.54) is 70.9 Å². The average Bonchev–Trinajstić information content (AvgIpc) is 3.31. The highest BCUT2D eigenvalue weighted by atomic mass is 15.2. The molecule has 2 N–H and O–H groups in total. The molecule has 0 aromatic heterocycles. The molecule has 1 atom stereocenters. The van der Waals surface area contributed by atoms with Crippen molar-refractivity contribution in [1.29, 1.82) is 0 Å². The molecule has 1 aliphatic rings. The summed E-state index contributed by atoms with van der Waals surface area (Å²) in [4.78, 5) is 10.7. The van der Waals surface area contributed by atoms with Crippen molar-refractivity contribution in [2.24, 2.45) is 9.98 Å². The molecule has 0 bridgehead atoms. The predicted molar refractivity (Wildman–Crippen MR) is 243 cm³/mol. The van der Waals surface area contributed by atoms with Crippen LogP contribution in [0.25, 0.3) is 76.5 Å². The summed E-state index contributed by atoms with van der Waals surface area (Å²) in [6.45, 7) is 0. The number of hydrogen-bond donors (Lipinski definition) is 1. The highest BCUT2D eigenvalue weighted by Gasteiger charge is 2.28. The summed E-state index contributed by atoms with van der Waals surface area (Å²) >= 11 is 0. The molecule has 10 aromatic carbocycles. The second kappa shape index (κ2) is 14.2. The van der Waals surface area contributed by atoms with Gasteiger partial charge in [0.25, 0.3) is 0 Å². The SMILES string of the molecule is c1ccc(C2=NC(c3cc4ccc(-c5cccc6ccccc56)cc4c4cc(-c5cccc6ccccc56)ccc34)[NH2+]C(c3cccc(-c4ccccc4)c3)=N2)cc1. The van der Waals surface area contributed by atoms with Gasteiger partial charge in [-0.1, -0.05) is 182 Å². The van der Waals surface area contributed by atoms with Crippen molar-refractivity contribution >= 4 is 54.8 Å². The number of benzene rings is 10. The third-order valence-electron chi connectivity index (χ3n) is 11.6. The number of aliphatic imine (C=N–C) groups is 2. The van der Waals surface area contributed by atoms with Crippen LogP contribution in [0.5, 0.6) is 0 Å². The summed E-state index contributed by atoms with van der Waals surface area (Å²) in [5.41, 5.74) is 10.4. The third-order valence-corrected chi connectivity index (χ3v) is 11.6. The quantitative estimate of drug-likeness (QED) is 0.165. The number of quaternary nitrogens is 1. The maximum Gasteiger partial charge on any atom is 0.235 e. The van der Waals surface area contributed by atoms with E-state index in [0.717, 1.165) is 33.9 Å². The summed E-state index contributed by atoms with van der Waals surface area (Å²) < 4.78 is 0. The first-order chi connectivity index (χ1) is 28.7. The Hall–Kier alpha value is -7.46. The molecular weight excluding hydrogens is 703 g/mol. The van der Waals surface area contributed by atoms with Gasteiger partial charge in [-0.25, -0.2) is 4.99 Å². The molecule has 272 valence electrons. The van der Waals surface area contributed by atoms with Gasteiger partial charge in [0.1, 0.15) is 0 Å². The number of fused-ring (bicyclic) bond motifs is 5. The summed E-state index contributed by atoms with van der Waals surface area (Å²) in [6, 6.07) is 76.5. The van der Waals surface area contributed by atoms with Gasteiger partial charge in [-0.2, -0.15) is 4.99 Å². The lowest BCUT2D eigenvalue weighted by atomic mass is 9.89. The minimum absolute atomic E-state index is 0.267. The number of nitrogens with zero attached hydrogens (tertiary/aromatic N) is 2. The average molecular weight is 741 g/mol. The molecule has 0 radical (unpaired) electrons. The van der Waals surface area contributed by atoms with Crippen LogP contribution in [0, 0.1) is 0 Å². The predicted octanol–water partition coefficient (Wildman–Crippen LogP) is 12.8. The van der Waals surface area contributed by atoms with E-state index in [2.05, 4.69) is 212 Å². The van der Waals surface area contributed by atoms with Crippen molar-refractivity contribution in [3.63, 3.8) is 0 Å². The van der Waals surface area contributed by atoms with Crippen LogP contribution in [0.1, 0.15) is 22.9 Å². The largest absolute Gasteiger partial charge is 0.272 e. The van der Waals surface area contributed by atoms with Crippen molar-refractivity contribution in [1.82, 2.24) is 0 Å². The summed E-state index contributed by atoms with van der Waals surface area (Å²) in [6.07, 6.45) is -0.267. The molecule has 1 heterocycles. The zero-order chi connectivity index (χ0) is 38.4. The molecule has 0 amide bonds. The molecule has 10 aromatic rings. The van der Waals surface area contributed by atoms with Gasteiger partial charge in [-0.3, -0.25) is 5.32 Å². The fourth-order valence-corrected chi connectivity index (χ4v) is 8.75. The molecule has 58 heavy (non-hydrogen) atoms. The molecular formula is C55H38N3+. The normalized spacial score (nSPS) is 14.2. The van der Waals surface area contributed by atoms with Crippen LogP contribution in [-0.4, -0.2) is 11.7 Å². The van der Waals surface area contributed by atoms with Gasteiger partial charge in [0, 0.05) is 11.1 Å². The van der Waals surface area contributed by atoms with Gasteiger partial charge in [0.2, 0.25) is 12.0 Å². The molecule has 1 aliphatic heterocycles. The molecule has 3 nitrogen and oxygen atoms in total. The van der Waals surface area contributed by atoms with Gasteiger partial charge in [-0.05, 0) is 107 Å². The van der Waals surface area contributed by atoms with Gasteiger partial charge < -0.3 is 0 Å². The Kier molecular flexibility index (Phi) is 8.31. The molecule has 0 fully saturated rings. The highest BCUT2D eigenvalue weighted by Crippen LogP contribution is 2.39. The molecule has 0 spiro atoms. The van der Waals surface area contributed by atoms with Gasteiger partial charge >= 0.3 is 0 Å². The second-order valence-corrected chi connectivity index (χ2v) is 15.1. The lowest BCUT2D eigenvalue weighted by Crippen LogP contribution is -2.90. The van der Waals surface area contributed by atoms with Crippen molar-refractivity contribution in [2.45, 2.75) is 6.17 Å². The molecule has 11 rings (SSSR count). The van der Waals surface area contributed by atoms with Gasteiger partial charge in [0.05, 0.1) is 5.56 Å². The van der Waals surface area contributed by atoms with Crippen LogP contribution in [0.4, 0.5) is 0 Å². The van der Waals surface area contributed by atoms with Crippen LogP contribution in [0.3, 0.4) is 0 Å².